The van der Waals surface area contributed by atoms with Crippen LogP contribution in [0.2, 0.25) is 0 Å². The van der Waals surface area contributed by atoms with E-state index in [-0.39, 0.29) is 30.6 Å². The van der Waals surface area contributed by atoms with Crippen molar-refractivity contribution in [1.29, 1.82) is 0 Å². The maximum Gasteiger partial charge on any atom is 0.269 e. The summed E-state index contributed by atoms with van der Waals surface area (Å²) in [6, 6.07) is 7.55. The van der Waals surface area contributed by atoms with Crippen LogP contribution in [0.4, 0.5) is 5.69 Å². The molecule has 0 bridgehead atoms. The number of rotatable bonds is 6. The number of fused-ring (bicyclic) bond motifs is 4. The molecule has 2 amide bonds. The monoisotopic (exact) mass is 473 g/mol. The number of carbonyl (C=O) groups is 2. The summed E-state index contributed by atoms with van der Waals surface area (Å²) in [4.78, 5) is 29.9. The zero-order valence-electron chi connectivity index (χ0n) is 17.7. The van der Waals surface area contributed by atoms with Crippen LogP contribution < -0.4 is 25.1 Å². The van der Waals surface area contributed by atoms with Crippen LogP contribution in [0.5, 0.6) is 11.5 Å². The van der Waals surface area contributed by atoms with Crippen molar-refractivity contribution in [1.82, 2.24) is 15.6 Å². The van der Waals surface area contributed by atoms with Crippen molar-refractivity contribution in [2.24, 2.45) is 11.0 Å². The van der Waals surface area contributed by atoms with E-state index in [9.17, 15) is 9.59 Å². The summed E-state index contributed by atoms with van der Waals surface area (Å²) in [6.45, 7) is 5.41. The molecule has 1 atom stereocenters. The largest absolute Gasteiger partial charge is 0.454 e. The highest BCUT2D eigenvalue weighted by molar-refractivity contribution is 8.14. The number of hydrogen-bond donors (Lipinski definition) is 2. The minimum Gasteiger partial charge on any atom is -0.454 e. The van der Waals surface area contributed by atoms with E-state index in [0.29, 0.717) is 34.8 Å². The van der Waals surface area contributed by atoms with E-state index in [1.165, 1.54) is 23.1 Å². The topological polar surface area (TPSA) is 95.5 Å². The molecule has 9 nitrogen and oxygen atoms in total. The van der Waals surface area contributed by atoms with Crippen molar-refractivity contribution in [3.05, 3.63) is 40.1 Å². The fourth-order valence-electron chi connectivity index (χ4n) is 3.78. The van der Waals surface area contributed by atoms with Gasteiger partial charge in [0.1, 0.15) is 4.88 Å². The minimum atomic E-state index is -0.369. The van der Waals surface area contributed by atoms with Gasteiger partial charge in [-0.3, -0.25) is 24.8 Å². The van der Waals surface area contributed by atoms with Gasteiger partial charge in [-0.25, -0.2) is 0 Å². The van der Waals surface area contributed by atoms with Crippen LogP contribution in [0.1, 0.15) is 29.1 Å². The highest BCUT2D eigenvalue weighted by Crippen LogP contribution is 2.38. The average molecular weight is 474 g/mol. The third kappa shape index (κ3) is 3.86. The van der Waals surface area contributed by atoms with Crippen molar-refractivity contribution in [2.75, 3.05) is 24.0 Å². The lowest BCUT2D eigenvalue weighted by Crippen LogP contribution is -2.58. The number of ether oxygens (including phenoxy) is 2. The maximum absolute atomic E-state index is 13.0. The Morgan fingerprint density at radius 1 is 1.34 bits per heavy atom. The van der Waals surface area contributed by atoms with Crippen molar-refractivity contribution in [3.8, 4) is 11.5 Å². The molecule has 0 fully saturated rings. The third-order valence-corrected chi connectivity index (χ3v) is 7.05. The minimum absolute atomic E-state index is 0.0142. The predicted molar refractivity (Wildman–Crippen MR) is 124 cm³/mol. The molecule has 2 aromatic rings. The van der Waals surface area contributed by atoms with E-state index in [4.69, 9.17) is 9.47 Å². The summed E-state index contributed by atoms with van der Waals surface area (Å²) in [5, 5.41) is 9.95. The Morgan fingerprint density at radius 3 is 3.03 bits per heavy atom. The molecule has 32 heavy (non-hydrogen) atoms. The number of anilines is 1. The fourth-order valence-corrected chi connectivity index (χ4v) is 5.43. The van der Waals surface area contributed by atoms with E-state index < -0.39 is 0 Å². The zero-order chi connectivity index (χ0) is 22.2. The smallest absolute Gasteiger partial charge is 0.269 e. The molecule has 0 saturated heterocycles. The van der Waals surface area contributed by atoms with Crippen LogP contribution in [-0.4, -0.2) is 47.3 Å². The van der Waals surface area contributed by atoms with Crippen LogP contribution in [0.15, 0.2) is 34.7 Å². The average Bonchev–Trinajstić information content (AvgIpc) is 3.51. The standard InChI is InChI=1S/C21H23N5O4S2/c1-12(2)9-25-19(28)18-14(5-6-31-18)26-20(25)23-24-21(26)32-10-17(27)22-8-13-3-4-15-16(7-13)30-11-29-15/h3-7,12,20,23H,8-11H2,1-2H3,(H,22,27). The molecule has 3 aliphatic heterocycles. The van der Waals surface area contributed by atoms with Gasteiger partial charge in [-0.1, -0.05) is 31.7 Å². The van der Waals surface area contributed by atoms with Gasteiger partial charge in [0, 0.05) is 13.1 Å². The Labute approximate surface area is 193 Å². The summed E-state index contributed by atoms with van der Waals surface area (Å²) >= 11 is 2.78. The molecule has 0 radical (unpaired) electrons. The number of nitrogens with zero attached hydrogens (tertiary/aromatic N) is 3. The van der Waals surface area contributed by atoms with E-state index in [1.54, 1.807) is 4.90 Å². The molecule has 168 valence electrons. The van der Waals surface area contributed by atoms with Crippen molar-refractivity contribution < 1.29 is 19.1 Å². The molecule has 1 aromatic heterocycles. The highest BCUT2D eigenvalue weighted by Gasteiger charge is 2.44. The SMILES string of the molecule is CC(C)CN1C(=O)c2sccc2N2C(SCC(=O)NCc3ccc4c(c3)OCO4)=NNC12. The quantitative estimate of drug-likeness (QED) is 0.666. The molecule has 5 rings (SSSR count). The number of amides is 2. The van der Waals surface area contributed by atoms with Gasteiger partial charge in [0.2, 0.25) is 19.0 Å². The molecule has 1 aromatic carbocycles. The highest BCUT2D eigenvalue weighted by atomic mass is 32.2. The Bertz CT molecular complexity index is 1090. The maximum atomic E-state index is 13.0. The van der Waals surface area contributed by atoms with Gasteiger partial charge in [-0.05, 0) is 35.1 Å². The van der Waals surface area contributed by atoms with Gasteiger partial charge in [0.15, 0.2) is 16.7 Å². The summed E-state index contributed by atoms with van der Waals surface area (Å²) in [5.74, 6) is 1.86. The third-order valence-electron chi connectivity index (χ3n) is 5.20. The van der Waals surface area contributed by atoms with Gasteiger partial charge in [-0.2, -0.15) is 5.10 Å². The summed E-state index contributed by atoms with van der Waals surface area (Å²) in [7, 11) is 0. The molecule has 4 heterocycles. The normalized spacial score (nSPS) is 18.4. The van der Waals surface area contributed by atoms with Crippen LogP contribution in [0.25, 0.3) is 0 Å². The molecule has 0 spiro atoms. The molecule has 0 aliphatic carbocycles. The fraction of sp³-hybridized carbons (Fsp3) is 0.381. The van der Waals surface area contributed by atoms with Crippen LogP contribution in [-0.2, 0) is 11.3 Å². The Balaban J connectivity index is 1.21. The van der Waals surface area contributed by atoms with Gasteiger partial charge < -0.3 is 14.8 Å². The van der Waals surface area contributed by atoms with E-state index in [0.717, 1.165) is 17.0 Å². The number of amidine groups is 1. The molecule has 0 saturated carbocycles. The summed E-state index contributed by atoms with van der Waals surface area (Å²) < 4.78 is 10.7. The Kier molecular flexibility index (Phi) is 5.60. The van der Waals surface area contributed by atoms with Crippen molar-refractivity contribution >= 4 is 45.8 Å². The number of nitrogens with one attached hydrogen (secondary N) is 2. The zero-order valence-corrected chi connectivity index (χ0v) is 19.3. The number of carbonyl (C=O) groups excluding carboxylic acids is 2. The van der Waals surface area contributed by atoms with Gasteiger partial charge in [0.05, 0.1) is 11.4 Å². The second-order valence-electron chi connectivity index (χ2n) is 8.01. The lowest BCUT2D eigenvalue weighted by Gasteiger charge is -2.40. The molecular weight excluding hydrogens is 450 g/mol. The molecule has 1 unspecified atom stereocenters. The lowest BCUT2D eigenvalue weighted by atomic mass is 10.1. The number of thioether (sulfide) groups is 1. The Hall–Kier alpha value is -2.92. The molecule has 2 N–H and O–H groups in total. The first-order chi connectivity index (χ1) is 15.5. The first-order valence-corrected chi connectivity index (χ1v) is 12.2. The molecule has 3 aliphatic rings. The first kappa shape index (κ1) is 21.0. The number of thiophene rings is 1. The molecular formula is C21H23N5O4S2. The van der Waals surface area contributed by atoms with Crippen molar-refractivity contribution in [3.63, 3.8) is 0 Å². The van der Waals surface area contributed by atoms with E-state index in [1.807, 2.05) is 34.5 Å². The molecule has 11 heteroatoms. The van der Waals surface area contributed by atoms with E-state index in [2.05, 4.69) is 29.7 Å². The number of hydrogen-bond acceptors (Lipinski definition) is 9. The van der Waals surface area contributed by atoms with Gasteiger partial charge in [-0.15, -0.1) is 11.3 Å². The van der Waals surface area contributed by atoms with Crippen LogP contribution in [0.3, 0.4) is 0 Å². The number of benzene rings is 1. The van der Waals surface area contributed by atoms with Crippen LogP contribution >= 0.6 is 23.1 Å². The number of hydrazone groups is 1. The second kappa shape index (κ2) is 8.55. The van der Waals surface area contributed by atoms with Crippen molar-refractivity contribution in [2.45, 2.75) is 26.7 Å². The predicted octanol–water partition coefficient (Wildman–Crippen LogP) is 2.60. The first-order valence-electron chi connectivity index (χ1n) is 10.3. The summed E-state index contributed by atoms with van der Waals surface area (Å²) in [6.07, 6.45) is -0.369. The van der Waals surface area contributed by atoms with Gasteiger partial charge >= 0.3 is 0 Å². The Morgan fingerprint density at radius 2 is 2.19 bits per heavy atom. The van der Waals surface area contributed by atoms with Gasteiger partial charge in [0.25, 0.3) is 5.91 Å². The van der Waals surface area contributed by atoms with E-state index >= 15 is 0 Å². The lowest BCUT2D eigenvalue weighted by molar-refractivity contribution is -0.118. The second-order valence-corrected chi connectivity index (χ2v) is 9.87. The van der Waals surface area contributed by atoms with Crippen LogP contribution in [0, 0.1) is 5.92 Å². The summed E-state index contributed by atoms with van der Waals surface area (Å²) in [5.41, 5.74) is 4.85.